The van der Waals surface area contributed by atoms with Gasteiger partial charge in [0.1, 0.15) is 6.04 Å². The van der Waals surface area contributed by atoms with E-state index in [0.717, 1.165) is 6.21 Å². The Hall–Kier alpha value is -2.50. The van der Waals surface area contributed by atoms with Gasteiger partial charge in [-0.15, -0.1) is 0 Å². The van der Waals surface area contributed by atoms with E-state index in [1.807, 2.05) is 0 Å². The Kier molecular flexibility index (Phi) is 4.02. The van der Waals surface area contributed by atoms with Crippen LogP contribution in [0.15, 0.2) is 35.4 Å². The topological polar surface area (TPSA) is 87.6 Å². The number of benzene rings is 1. The Bertz CT molecular complexity index is 525. The zero-order valence-corrected chi connectivity index (χ0v) is 10.1. The fourth-order valence-corrected chi connectivity index (χ4v) is 1.72. The van der Waals surface area contributed by atoms with Crippen molar-refractivity contribution in [2.24, 2.45) is 5.10 Å². The van der Waals surface area contributed by atoms with E-state index >= 15 is 0 Å². The molecule has 0 aliphatic carbocycles. The fourth-order valence-electron chi connectivity index (χ4n) is 1.72. The van der Waals surface area contributed by atoms with E-state index in [1.54, 1.807) is 30.3 Å². The highest BCUT2D eigenvalue weighted by molar-refractivity contribution is 6.35. The molecule has 19 heavy (non-hydrogen) atoms. The number of carbonyl (C=O) groups is 3. The predicted octanol–water partition coefficient (Wildman–Crippen LogP) is 0.250. The maximum Gasteiger partial charge on any atom is 0.262 e. The molecule has 1 aromatic carbocycles. The second-order valence-corrected chi connectivity index (χ2v) is 4.12. The SMILES string of the molecule is O=C1CCC(C(=O)N/N=C/C(=O)c2ccccc2)N1. The van der Waals surface area contributed by atoms with Crippen molar-refractivity contribution in [3.63, 3.8) is 0 Å². The van der Waals surface area contributed by atoms with Gasteiger partial charge in [-0.1, -0.05) is 30.3 Å². The zero-order chi connectivity index (χ0) is 13.7. The van der Waals surface area contributed by atoms with Crippen molar-refractivity contribution in [2.75, 3.05) is 0 Å². The molecule has 6 nitrogen and oxygen atoms in total. The first kappa shape index (κ1) is 12.9. The van der Waals surface area contributed by atoms with Crippen molar-refractivity contribution in [3.05, 3.63) is 35.9 Å². The highest BCUT2D eigenvalue weighted by Gasteiger charge is 2.26. The molecular weight excluding hydrogens is 246 g/mol. The average molecular weight is 259 g/mol. The highest BCUT2D eigenvalue weighted by Crippen LogP contribution is 2.06. The van der Waals surface area contributed by atoms with Crippen LogP contribution in [0.1, 0.15) is 23.2 Å². The maximum absolute atomic E-state index is 11.6. The number of rotatable bonds is 4. The van der Waals surface area contributed by atoms with Gasteiger partial charge in [-0.05, 0) is 6.42 Å². The van der Waals surface area contributed by atoms with E-state index < -0.39 is 11.9 Å². The molecule has 2 N–H and O–H groups in total. The number of hydrazone groups is 1. The summed E-state index contributed by atoms with van der Waals surface area (Å²) in [6, 6.07) is 8.05. The van der Waals surface area contributed by atoms with Gasteiger partial charge in [0, 0.05) is 12.0 Å². The third kappa shape index (κ3) is 3.48. The van der Waals surface area contributed by atoms with Gasteiger partial charge in [-0.2, -0.15) is 5.10 Å². The summed E-state index contributed by atoms with van der Waals surface area (Å²) in [6.45, 7) is 0. The summed E-state index contributed by atoms with van der Waals surface area (Å²) in [5.41, 5.74) is 2.74. The first-order valence-corrected chi connectivity index (χ1v) is 5.88. The van der Waals surface area contributed by atoms with Gasteiger partial charge in [0.05, 0.1) is 6.21 Å². The van der Waals surface area contributed by atoms with E-state index in [0.29, 0.717) is 18.4 Å². The normalized spacial score (nSPS) is 18.3. The van der Waals surface area contributed by atoms with Gasteiger partial charge in [0.2, 0.25) is 11.7 Å². The van der Waals surface area contributed by atoms with Crippen molar-refractivity contribution >= 4 is 23.8 Å². The second-order valence-electron chi connectivity index (χ2n) is 4.12. The molecule has 0 spiro atoms. The quantitative estimate of drug-likeness (QED) is 0.461. The Labute approximate surface area is 109 Å². The number of amides is 2. The molecule has 0 saturated carbocycles. The molecule has 1 fully saturated rings. The lowest BCUT2D eigenvalue weighted by Gasteiger charge is -2.06. The molecule has 1 aromatic rings. The third-order valence-electron chi connectivity index (χ3n) is 2.73. The van der Waals surface area contributed by atoms with Gasteiger partial charge >= 0.3 is 0 Å². The highest BCUT2D eigenvalue weighted by atomic mass is 16.2. The van der Waals surface area contributed by atoms with E-state index in [9.17, 15) is 14.4 Å². The number of ketones is 1. The summed E-state index contributed by atoms with van der Waals surface area (Å²) in [7, 11) is 0. The molecule has 0 bridgehead atoms. The summed E-state index contributed by atoms with van der Waals surface area (Å²) in [5, 5.41) is 6.11. The van der Waals surface area contributed by atoms with E-state index in [-0.39, 0.29) is 11.7 Å². The van der Waals surface area contributed by atoms with Gasteiger partial charge in [0.25, 0.3) is 5.91 Å². The number of carbonyl (C=O) groups excluding carboxylic acids is 3. The van der Waals surface area contributed by atoms with Crippen LogP contribution >= 0.6 is 0 Å². The van der Waals surface area contributed by atoms with Crippen LogP contribution in [0.5, 0.6) is 0 Å². The molecule has 1 saturated heterocycles. The van der Waals surface area contributed by atoms with Gasteiger partial charge in [-0.3, -0.25) is 14.4 Å². The first-order valence-electron chi connectivity index (χ1n) is 5.88. The van der Waals surface area contributed by atoms with E-state index in [1.165, 1.54) is 0 Å². The molecule has 0 aromatic heterocycles. The van der Waals surface area contributed by atoms with Gasteiger partial charge in [0.15, 0.2) is 0 Å². The van der Waals surface area contributed by atoms with Crippen molar-refractivity contribution in [1.29, 1.82) is 0 Å². The Morgan fingerprint density at radius 3 is 2.68 bits per heavy atom. The molecule has 6 heteroatoms. The molecule has 98 valence electrons. The summed E-state index contributed by atoms with van der Waals surface area (Å²) in [6.07, 6.45) is 1.83. The van der Waals surface area contributed by atoms with Crippen LogP contribution in [-0.4, -0.2) is 29.9 Å². The molecule has 2 amide bonds. The van der Waals surface area contributed by atoms with E-state index in [4.69, 9.17) is 0 Å². The van der Waals surface area contributed by atoms with Crippen molar-refractivity contribution in [2.45, 2.75) is 18.9 Å². The molecule has 1 unspecified atom stereocenters. The molecule has 2 rings (SSSR count). The lowest BCUT2D eigenvalue weighted by molar-refractivity contribution is -0.125. The summed E-state index contributed by atoms with van der Waals surface area (Å²) in [5.74, 6) is -0.858. The van der Waals surface area contributed by atoms with Crippen molar-refractivity contribution in [3.8, 4) is 0 Å². The van der Waals surface area contributed by atoms with Crippen LogP contribution in [-0.2, 0) is 9.59 Å². The Balaban J connectivity index is 1.85. The number of nitrogens with zero attached hydrogens (tertiary/aromatic N) is 1. The van der Waals surface area contributed by atoms with Crippen LogP contribution in [0.25, 0.3) is 0 Å². The van der Waals surface area contributed by atoms with Crippen LogP contribution in [0.3, 0.4) is 0 Å². The summed E-state index contributed by atoms with van der Waals surface area (Å²) >= 11 is 0. The maximum atomic E-state index is 11.6. The number of hydrogen-bond acceptors (Lipinski definition) is 4. The lowest BCUT2D eigenvalue weighted by Crippen LogP contribution is -2.39. The molecular formula is C13H13N3O3. The molecule has 1 aliphatic rings. The lowest BCUT2D eigenvalue weighted by atomic mass is 10.1. The predicted molar refractivity (Wildman–Crippen MR) is 68.6 cm³/mol. The summed E-state index contributed by atoms with van der Waals surface area (Å²) < 4.78 is 0. The smallest absolute Gasteiger partial charge is 0.262 e. The average Bonchev–Trinajstić information content (AvgIpc) is 2.86. The minimum absolute atomic E-state index is 0.149. The van der Waals surface area contributed by atoms with Crippen LogP contribution in [0.4, 0.5) is 0 Å². The molecule has 0 radical (unpaired) electrons. The first-order chi connectivity index (χ1) is 9.16. The summed E-state index contributed by atoms with van der Waals surface area (Å²) in [4.78, 5) is 34.1. The second kappa shape index (κ2) is 5.90. The fraction of sp³-hybridized carbons (Fsp3) is 0.231. The zero-order valence-electron chi connectivity index (χ0n) is 10.1. The Morgan fingerprint density at radius 1 is 1.32 bits per heavy atom. The van der Waals surface area contributed by atoms with Crippen LogP contribution in [0.2, 0.25) is 0 Å². The third-order valence-corrected chi connectivity index (χ3v) is 2.73. The number of Topliss-reactive ketones (excluding diaryl/α,β-unsaturated/α-hetero) is 1. The van der Waals surface area contributed by atoms with Crippen LogP contribution < -0.4 is 10.7 Å². The van der Waals surface area contributed by atoms with Gasteiger partial charge in [-0.25, -0.2) is 5.43 Å². The molecule has 1 aliphatic heterocycles. The monoisotopic (exact) mass is 259 g/mol. The minimum Gasteiger partial charge on any atom is -0.344 e. The van der Waals surface area contributed by atoms with E-state index in [2.05, 4.69) is 15.8 Å². The largest absolute Gasteiger partial charge is 0.344 e. The molecule has 1 atom stereocenters. The van der Waals surface area contributed by atoms with Crippen LogP contribution in [0, 0.1) is 0 Å². The Morgan fingerprint density at radius 2 is 2.05 bits per heavy atom. The van der Waals surface area contributed by atoms with Crippen molar-refractivity contribution < 1.29 is 14.4 Å². The number of hydrogen-bond donors (Lipinski definition) is 2. The van der Waals surface area contributed by atoms with Crippen molar-refractivity contribution in [1.82, 2.24) is 10.7 Å². The minimum atomic E-state index is -0.559. The molecule has 1 heterocycles. The standard InChI is InChI=1S/C13H13N3O3/c17-11(9-4-2-1-3-5-9)8-14-16-13(19)10-6-7-12(18)15-10/h1-5,8,10H,6-7H2,(H,15,18)(H,16,19)/b14-8+. The van der Waals surface area contributed by atoms with Gasteiger partial charge < -0.3 is 5.32 Å². The number of nitrogens with one attached hydrogen (secondary N) is 2.